The van der Waals surface area contributed by atoms with E-state index in [2.05, 4.69) is 243 Å². The van der Waals surface area contributed by atoms with Gasteiger partial charge in [0.05, 0.1) is 0 Å². The molecule has 0 spiro atoms. The summed E-state index contributed by atoms with van der Waals surface area (Å²) in [7, 11) is 0. The van der Waals surface area contributed by atoms with Crippen LogP contribution in [0.1, 0.15) is 0 Å². The monoisotopic (exact) mass is 772 g/mol. The van der Waals surface area contributed by atoms with E-state index >= 15 is 0 Å². The Bertz CT molecular complexity index is 1900. The Labute approximate surface area is 323 Å². The summed E-state index contributed by atoms with van der Waals surface area (Å²) >= 11 is 0. The van der Waals surface area contributed by atoms with Crippen LogP contribution >= 0.6 is 27.8 Å². The van der Waals surface area contributed by atoms with Gasteiger partial charge in [0.15, 0.2) is 0 Å². The standard InChI is InChI=1S/C50H48P4/c1-9-25-43(26-10-1)51(44-27-11-2-12-28-44)41-53(47-33-17-5-18-34-47,48-35-19-6-20-36-48)54(49-37-21-7-22-38-49,50-39-23-8-24-40-50)42-52(51,45-29-13-3-14-30-45)46-31-15-4-16-32-46/h1-40,51-54H,41-42H2. The molecule has 0 saturated carbocycles. The molecular formula is C50H48P4. The topological polar surface area (TPSA) is 0 Å². The summed E-state index contributed by atoms with van der Waals surface area (Å²) in [6.07, 6.45) is 0. The number of hydrogen-bond acceptors (Lipinski definition) is 0. The fourth-order valence-corrected chi connectivity index (χ4v) is 79.1. The molecule has 0 bridgehead atoms. The molecule has 0 radical (unpaired) electrons. The summed E-state index contributed by atoms with van der Waals surface area (Å²) in [5.41, 5.74) is 0. The van der Waals surface area contributed by atoms with Gasteiger partial charge in [-0.1, -0.05) is 0 Å². The zero-order valence-electron chi connectivity index (χ0n) is 30.5. The van der Waals surface area contributed by atoms with E-state index in [1.54, 1.807) is 42.4 Å². The van der Waals surface area contributed by atoms with Crippen LogP contribution in [0.3, 0.4) is 0 Å². The van der Waals surface area contributed by atoms with Crippen molar-refractivity contribution in [3.05, 3.63) is 243 Å². The van der Waals surface area contributed by atoms with Crippen LogP contribution in [0.5, 0.6) is 0 Å². The van der Waals surface area contributed by atoms with Crippen LogP contribution in [0.2, 0.25) is 0 Å². The van der Waals surface area contributed by atoms with Crippen LogP contribution in [0.15, 0.2) is 243 Å². The van der Waals surface area contributed by atoms with Gasteiger partial charge < -0.3 is 0 Å². The third-order valence-electron chi connectivity index (χ3n) is 12.7. The van der Waals surface area contributed by atoms with Crippen molar-refractivity contribution in [2.45, 2.75) is 0 Å². The molecule has 0 amide bonds. The minimum absolute atomic E-state index is 1.19. The molecule has 0 nitrogen and oxygen atoms in total. The summed E-state index contributed by atoms with van der Waals surface area (Å²) in [4.78, 5) is 0. The van der Waals surface area contributed by atoms with Crippen molar-refractivity contribution < 1.29 is 0 Å². The van der Waals surface area contributed by atoms with E-state index < -0.39 is 27.8 Å². The second kappa shape index (κ2) is 15.0. The van der Waals surface area contributed by atoms with Gasteiger partial charge >= 0.3 is 325 Å². The minimum atomic E-state index is -2.82. The molecule has 1 aliphatic rings. The normalized spacial score (nSPS) is 19.0. The van der Waals surface area contributed by atoms with Crippen LogP contribution in [-0.4, -0.2) is 11.8 Å². The van der Waals surface area contributed by atoms with Crippen molar-refractivity contribution in [2.75, 3.05) is 11.8 Å². The first-order valence-corrected chi connectivity index (χ1v) is 30.0. The molecule has 1 saturated heterocycles. The molecule has 0 aromatic heterocycles. The van der Waals surface area contributed by atoms with E-state index in [9.17, 15) is 0 Å². The molecular weight excluding hydrogens is 724 g/mol. The predicted molar refractivity (Wildman–Crippen MR) is 252 cm³/mol. The Morgan fingerprint density at radius 3 is 0.389 bits per heavy atom. The van der Waals surface area contributed by atoms with Crippen molar-refractivity contribution in [2.24, 2.45) is 0 Å². The molecule has 54 heavy (non-hydrogen) atoms. The molecule has 0 aliphatic carbocycles. The molecule has 8 aromatic rings. The van der Waals surface area contributed by atoms with E-state index in [1.165, 1.54) is 11.8 Å². The van der Waals surface area contributed by atoms with Gasteiger partial charge in [0.1, 0.15) is 0 Å². The summed E-state index contributed by atoms with van der Waals surface area (Å²) in [6.45, 7) is -11.3. The molecule has 0 N–H and O–H groups in total. The number of rotatable bonds is 8. The van der Waals surface area contributed by atoms with Gasteiger partial charge in [-0.05, 0) is 0 Å². The van der Waals surface area contributed by atoms with Crippen molar-refractivity contribution in [1.82, 2.24) is 0 Å². The van der Waals surface area contributed by atoms with Crippen molar-refractivity contribution in [1.29, 1.82) is 0 Å². The Balaban J connectivity index is 1.59. The molecule has 0 atom stereocenters. The Morgan fingerprint density at radius 2 is 0.278 bits per heavy atom. The van der Waals surface area contributed by atoms with Crippen LogP contribution in [0.25, 0.3) is 0 Å². The fraction of sp³-hybridized carbons (Fsp3) is 0.0400. The second-order valence-electron chi connectivity index (χ2n) is 14.9. The second-order valence-corrected chi connectivity index (χ2v) is 39.8. The number of benzene rings is 8. The third-order valence-corrected chi connectivity index (χ3v) is 56.6. The molecule has 1 aliphatic heterocycles. The molecule has 0 unspecified atom stereocenters. The molecule has 9 rings (SSSR count). The van der Waals surface area contributed by atoms with E-state index in [4.69, 9.17) is 0 Å². The maximum absolute atomic E-state index is 2.82. The van der Waals surface area contributed by atoms with Gasteiger partial charge in [0.2, 0.25) is 0 Å². The van der Waals surface area contributed by atoms with Crippen LogP contribution in [0.4, 0.5) is 0 Å². The van der Waals surface area contributed by atoms with E-state index in [-0.39, 0.29) is 0 Å². The molecule has 268 valence electrons. The van der Waals surface area contributed by atoms with Crippen LogP contribution in [0, 0.1) is 0 Å². The van der Waals surface area contributed by atoms with Gasteiger partial charge in [-0.3, -0.25) is 0 Å². The average molecular weight is 773 g/mol. The molecule has 1 fully saturated rings. The summed E-state index contributed by atoms with van der Waals surface area (Å²) < 4.78 is 0. The van der Waals surface area contributed by atoms with Crippen molar-refractivity contribution >= 4 is 70.2 Å². The zero-order chi connectivity index (χ0) is 36.3. The molecule has 4 heteroatoms. The summed E-state index contributed by atoms with van der Waals surface area (Å²) in [5.74, 6) is 2.38. The zero-order valence-corrected chi connectivity index (χ0v) is 34.5. The van der Waals surface area contributed by atoms with E-state index in [0.29, 0.717) is 0 Å². The van der Waals surface area contributed by atoms with E-state index in [1.807, 2.05) is 0 Å². The van der Waals surface area contributed by atoms with Gasteiger partial charge in [-0.2, -0.15) is 0 Å². The van der Waals surface area contributed by atoms with Crippen molar-refractivity contribution in [3.8, 4) is 0 Å². The third kappa shape index (κ3) is 5.43. The average Bonchev–Trinajstić information content (AvgIpc) is 3.28. The van der Waals surface area contributed by atoms with Gasteiger partial charge in [0, 0.05) is 0 Å². The number of hydrogen-bond donors (Lipinski definition) is 0. The predicted octanol–water partition coefficient (Wildman–Crippen LogP) is 9.35. The maximum atomic E-state index is 2.53. The first-order chi connectivity index (χ1) is 26.8. The van der Waals surface area contributed by atoms with Crippen LogP contribution in [-0.2, 0) is 0 Å². The Morgan fingerprint density at radius 1 is 0.167 bits per heavy atom. The summed E-state index contributed by atoms with van der Waals surface area (Å²) in [6, 6.07) is 95.4. The Hall–Kier alpha value is -4.52. The molecule has 8 aromatic carbocycles. The SMILES string of the molecule is c1ccc([PH]2(c3ccccc3)C[PH](c3ccccc3)(c3ccccc3)[PH](c3ccccc3)(c3ccccc3)C[PH]2(c2ccccc2)c2ccccc2)cc1. The van der Waals surface area contributed by atoms with Gasteiger partial charge in [-0.15, -0.1) is 0 Å². The fourth-order valence-electron chi connectivity index (χ4n) is 10.6. The van der Waals surface area contributed by atoms with Gasteiger partial charge in [-0.25, -0.2) is 0 Å². The van der Waals surface area contributed by atoms with E-state index in [0.717, 1.165) is 0 Å². The first-order valence-electron chi connectivity index (χ1n) is 19.2. The quantitative estimate of drug-likeness (QED) is 0.135. The van der Waals surface area contributed by atoms with Crippen LogP contribution < -0.4 is 42.4 Å². The first kappa shape index (κ1) is 35.2. The summed E-state index contributed by atoms with van der Waals surface area (Å²) in [5, 5.41) is 12.6. The Kier molecular flexibility index (Phi) is 9.75. The van der Waals surface area contributed by atoms with Gasteiger partial charge in [0.25, 0.3) is 0 Å². The van der Waals surface area contributed by atoms with Crippen molar-refractivity contribution in [3.63, 3.8) is 0 Å². The molecule has 1 heterocycles.